The van der Waals surface area contributed by atoms with Crippen LogP contribution < -0.4 is 9.47 Å². The van der Waals surface area contributed by atoms with E-state index in [1.165, 1.54) is 12.1 Å². The highest BCUT2D eigenvalue weighted by atomic mass is 16.5. The normalized spacial score (nSPS) is 15.6. The number of nitrogens with zero attached hydrogens (tertiary/aromatic N) is 1. The molecule has 7 heteroatoms. The second-order valence-electron chi connectivity index (χ2n) is 7.61. The van der Waals surface area contributed by atoms with E-state index in [1.807, 2.05) is 24.3 Å². The summed E-state index contributed by atoms with van der Waals surface area (Å²) in [7, 11) is 3.13. The molecule has 3 aromatic rings. The number of aliphatic hydroxyl groups excluding tert-OH is 1. The average molecular weight is 445 g/mol. The van der Waals surface area contributed by atoms with Gasteiger partial charge in [-0.05, 0) is 53.1 Å². The van der Waals surface area contributed by atoms with Gasteiger partial charge in [-0.3, -0.25) is 4.79 Å². The zero-order valence-electron chi connectivity index (χ0n) is 18.2. The second-order valence-corrected chi connectivity index (χ2v) is 7.61. The number of amides is 1. The minimum absolute atomic E-state index is 0.140. The largest absolute Gasteiger partial charge is 0.503 e. The second kappa shape index (κ2) is 9.08. The molecule has 1 heterocycles. The van der Waals surface area contributed by atoms with Crippen molar-refractivity contribution in [2.45, 2.75) is 12.6 Å². The maximum absolute atomic E-state index is 13.2. The van der Waals surface area contributed by atoms with Gasteiger partial charge in [-0.25, -0.2) is 4.79 Å². The quantitative estimate of drug-likeness (QED) is 0.558. The number of carbonyl (C=O) groups excluding carboxylic acids is 1. The number of aliphatic hydroxyl groups is 1. The third-order valence-electron chi connectivity index (χ3n) is 5.67. The average Bonchev–Trinajstić information content (AvgIpc) is 3.09. The van der Waals surface area contributed by atoms with Crippen LogP contribution >= 0.6 is 0 Å². The van der Waals surface area contributed by atoms with E-state index < -0.39 is 17.9 Å². The summed E-state index contributed by atoms with van der Waals surface area (Å²) in [4.78, 5) is 26.1. The first-order chi connectivity index (χ1) is 15.9. The molecule has 0 saturated carbocycles. The van der Waals surface area contributed by atoms with Crippen LogP contribution in [0.15, 0.2) is 78.6 Å². The number of aromatic carboxylic acids is 1. The van der Waals surface area contributed by atoms with Crippen LogP contribution in [0.25, 0.3) is 5.57 Å². The van der Waals surface area contributed by atoms with Gasteiger partial charge in [0, 0.05) is 12.1 Å². The molecule has 0 fully saturated rings. The van der Waals surface area contributed by atoms with Gasteiger partial charge in [0.05, 0.1) is 25.8 Å². The lowest BCUT2D eigenvalue weighted by atomic mass is 9.92. The Morgan fingerprint density at radius 1 is 0.939 bits per heavy atom. The highest BCUT2D eigenvalue weighted by Crippen LogP contribution is 2.44. The molecule has 168 valence electrons. The molecular weight excluding hydrogens is 422 g/mol. The van der Waals surface area contributed by atoms with Crippen LogP contribution in [0.3, 0.4) is 0 Å². The predicted octanol–water partition coefficient (Wildman–Crippen LogP) is 4.45. The Morgan fingerprint density at radius 3 is 2.21 bits per heavy atom. The lowest BCUT2D eigenvalue weighted by Gasteiger charge is -2.28. The Kier molecular flexibility index (Phi) is 6.04. The number of carboxylic acid groups (broad SMARTS) is 1. The fourth-order valence-corrected chi connectivity index (χ4v) is 4.00. The van der Waals surface area contributed by atoms with Crippen LogP contribution in [0.2, 0.25) is 0 Å². The molecule has 0 saturated heterocycles. The van der Waals surface area contributed by atoms with E-state index >= 15 is 0 Å². The van der Waals surface area contributed by atoms with Crippen molar-refractivity contribution in [3.8, 4) is 11.5 Å². The molecule has 33 heavy (non-hydrogen) atoms. The van der Waals surface area contributed by atoms with Crippen LogP contribution in [0, 0.1) is 0 Å². The van der Waals surface area contributed by atoms with Crippen LogP contribution in [0.5, 0.6) is 11.5 Å². The molecule has 0 aromatic heterocycles. The third-order valence-corrected chi connectivity index (χ3v) is 5.67. The molecule has 7 nitrogen and oxygen atoms in total. The van der Waals surface area contributed by atoms with E-state index in [-0.39, 0.29) is 17.9 Å². The number of ether oxygens (including phenoxy) is 2. The Labute approximate surface area is 191 Å². The summed E-state index contributed by atoms with van der Waals surface area (Å²) in [5.74, 6) is -0.565. The zero-order valence-corrected chi connectivity index (χ0v) is 18.2. The summed E-state index contributed by atoms with van der Waals surface area (Å²) < 4.78 is 10.5. The van der Waals surface area contributed by atoms with Crippen LogP contribution in [-0.4, -0.2) is 41.2 Å². The molecule has 1 aliphatic rings. The maximum Gasteiger partial charge on any atom is 0.335 e. The van der Waals surface area contributed by atoms with Crippen LogP contribution in [0.1, 0.15) is 33.1 Å². The van der Waals surface area contributed by atoms with Crippen molar-refractivity contribution in [2.75, 3.05) is 14.2 Å². The number of hydrogen-bond donors (Lipinski definition) is 2. The van der Waals surface area contributed by atoms with Gasteiger partial charge in [0.15, 0.2) is 5.76 Å². The summed E-state index contributed by atoms with van der Waals surface area (Å²) in [6.45, 7) is 0.227. The molecule has 3 aromatic carbocycles. The summed E-state index contributed by atoms with van der Waals surface area (Å²) in [5, 5.41) is 20.2. The summed E-state index contributed by atoms with van der Waals surface area (Å²) >= 11 is 0. The Hall–Kier alpha value is -4.26. The fourth-order valence-electron chi connectivity index (χ4n) is 4.00. The first-order valence-electron chi connectivity index (χ1n) is 10.3. The minimum Gasteiger partial charge on any atom is -0.503 e. The van der Waals surface area contributed by atoms with Gasteiger partial charge < -0.3 is 24.6 Å². The first-order valence-corrected chi connectivity index (χ1v) is 10.3. The predicted molar refractivity (Wildman–Crippen MR) is 122 cm³/mol. The molecule has 0 radical (unpaired) electrons. The highest BCUT2D eigenvalue weighted by Gasteiger charge is 2.41. The first kappa shape index (κ1) is 22.0. The monoisotopic (exact) mass is 445 g/mol. The Bertz CT molecular complexity index is 1210. The Morgan fingerprint density at radius 2 is 1.61 bits per heavy atom. The van der Waals surface area contributed by atoms with Crippen molar-refractivity contribution in [1.82, 2.24) is 4.90 Å². The van der Waals surface area contributed by atoms with E-state index in [2.05, 4.69) is 0 Å². The van der Waals surface area contributed by atoms with E-state index in [9.17, 15) is 19.8 Å². The van der Waals surface area contributed by atoms with Gasteiger partial charge in [0.1, 0.15) is 11.5 Å². The molecular formula is C26H23NO6. The van der Waals surface area contributed by atoms with E-state index in [0.717, 1.165) is 5.56 Å². The molecule has 0 aliphatic carbocycles. The summed E-state index contributed by atoms with van der Waals surface area (Å²) in [6, 6.07) is 20.2. The van der Waals surface area contributed by atoms with Gasteiger partial charge in [0.2, 0.25) is 0 Å². The number of rotatable bonds is 7. The molecule has 0 unspecified atom stereocenters. The minimum atomic E-state index is -1.04. The lowest BCUT2D eigenvalue weighted by molar-refractivity contribution is -0.130. The standard InChI is InChI=1S/C26H23NO6/c1-32-20-12-10-17(11-13-20)22-23(18-6-8-19(9-7-18)26(30)31)27(25(29)24(22)28)15-16-4-3-5-21(14-16)33-2/h3-14,23,28H,15H2,1-2H3,(H,30,31)/t23-/m1/s1. The van der Waals surface area contributed by atoms with Crippen molar-refractivity contribution in [2.24, 2.45) is 0 Å². The number of benzene rings is 3. The zero-order chi connectivity index (χ0) is 23.5. The van der Waals surface area contributed by atoms with Crippen LogP contribution in [0.4, 0.5) is 0 Å². The van der Waals surface area contributed by atoms with Gasteiger partial charge >= 0.3 is 5.97 Å². The smallest absolute Gasteiger partial charge is 0.335 e. The fraction of sp³-hybridized carbons (Fsp3) is 0.154. The van der Waals surface area contributed by atoms with Gasteiger partial charge in [-0.1, -0.05) is 36.4 Å². The molecule has 4 rings (SSSR count). The van der Waals surface area contributed by atoms with E-state index in [1.54, 1.807) is 55.5 Å². The molecule has 1 amide bonds. The van der Waals surface area contributed by atoms with E-state index in [4.69, 9.17) is 9.47 Å². The van der Waals surface area contributed by atoms with Crippen LogP contribution in [-0.2, 0) is 11.3 Å². The van der Waals surface area contributed by atoms with Gasteiger partial charge in [-0.2, -0.15) is 0 Å². The molecule has 0 spiro atoms. The SMILES string of the molecule is COc1ccc(C2=C(O)C(=O)N(Cc3cccc(OC)c3)[C@@H]2c2ccc(C(=O)O)cc2)cc1. The maximum atomic E-state index is 13.2. The third kappa shape index (κ3) is 4.25. The molecule has 1 atom stereocenters. The van der Waals surface area contributed by atoms with Crippen molar-refractivity contribution in [1.29, 1.82) is 0 Å². The number of methoxy groups -OCH3 is 2. The number of carboxylic acids is 1. The van der Waals surface area contributed by atoms with Crippen molar-refractivity contribution >= 4 is 17.4 Å². The molecule has 2 N–H and O–H groups in total. The van der Waals surface area contributed by atoms with Crippen molar-refractivity contribution in [3.63, 3.8) is 0 Å². The van der Waals surface area contributed by atoms with Gasteiger partial charge in [0.25, 0.3) is 5.91 Å². The summed E-state index contributed by atoms with van der Waals surface area (Å²) in [5.41, 5.74) is 2.78. The van der Waals surface area contributed by atoms with Gasteiger partial charge in [-0.15, -0.1) is 0 Å². The Balaban J connectivity index is 1.79. The lowest BCUT2D eigenvalue weighted by Crippen LogP contribution is -2.29. The van der Waals surface area contributed by atoms with Crippen molar-refractivity contribution in [3.05, 3.63) is 101 Å². The molecule has 1 aliphatic heterocycles. The molecule has 0 bridgehead atoms. The highest BCUT2D eigenvalue weighted by molar-refractivity contribution is 6.05. The van der Waals surface area contributed by atoms with Crippen molar-refractivity contribution < 1.29 is 29.3 Å². The number of hydrogen-bond acceptors (Lipinski definition) is 5. The summed E-state index contributed by atoms with van der Waals surface area (Å²) in [6.07, 6.45) is 0. The van der Waals surface area contributed by atoms with E-state index in [0.29, 0.717) is 28.2 Å². The number of carbonyl (C=O) groups is 2. The topological polar surface area (TPSA) is 96.3 Å².